The number of benzene rings is 1. The summed E-state index contributed by atoms with van der Waals surface area (Å²) in [6.45, 7) is 1.99. The maximum Gasteiger partial charge on any atom is 0.304 e. The number of carboxylic acids is 1. The number of carbonyl (C=O) groups excluding carboxylic acids is 1. The SMILES string of the molecule is CC(C(=O)Nc1ccc(Cl)cc1Cl)N(C)CCC(=O)O.Cl. The minimum Gasteiger partial charge on any atom is -0.481 e. The van der Waals surface area contributed by atoms with Gasteiger partial charge in [-0.2, -0.15) is 0 Å². The summed E-state index contributed by atoms with van der Waals surface area (Å²) in [6, 6.07) is 4.31. The third-order valence-electron chi connectivity index (χ3n) is 2.91. The van der Waals surface area contributed by atoms with Crippen LogP contribution in [0.5, 0.6) is 0 Å². The molecule has 1 aromatic carbocycles. The summed E-state index contributed by atoms with van der Waals surface area (Å²) < 4.78 is 0. The number of anilines is 1. The quantitative estimate of drug-likeness (QED) is 0.822. The van der Waals surface area contributed by atoms with Gasteiger partial charge in [0.15, 0.2) is 0 Å². The molecule has 1 amide bonds. The van der Waals surface area contributed by atoms with Crippen molar-refractivity contribution in [2.24, 2.45) is 0 Å². The second kappa shape index (κ2) is 9.10. The number of rotatable bonds is 6. The van der Waals surface area contributed by atoms with E-state index >= 15 is 0 Å². The Morgan fingerprint density at radius 2 is 2.00 bits per heavy atom. The molecule has 1 aromatic rings. The van der Waals surface area contributed by atoms with Crippen LogP contribution in [0.3, 0.4) is 0 Å². The van der Waals surface area contributed by atoms with Crippen LogP contribution in [0.1, 0.15) is 13.3 Å². The zero-order chi connectivity index (χ0) is 15.3. The van der Waals surface area contributed by atoms with E-state index in [1.807, 2.05) is 0 Å². The highest BCUT2D eigenvalue weighted by Gasteiger charge is 2.19. The largest absolute Gasteiger partial charge is 0.481 e. The number of amides is 1. The average Bonchev–Trinajstić information content (AvgIpc) is 2.38. The Labute approximate surface area is 139 Å². The van der Waals surface area contributed by atoms with E-state index in [0.717, 1.165) is 0 Å². The number of halogens is 3. The molecule has 0 aliphatic heterocycles. The van der Waals surface area contributed by atoms with Crippen LogP contribution >= 0.6 is 35.6 Å². The summed E-state index contributed by atoms with van der Waals surface area (Å²) >= 11 is 11.7. The Morgan fingerprint density at radius 1 is 1.38 bits per heavy atom. The van der Waals surface area contributed by atoms with Crippen molar-refractivity contribution in [1.82, 2.24) is 4.90 Å². The summed E-state index contributed by atoms with van der Waals surface area (Å²) in [5, 5.41) is 12.1. The van der Waals surface area contributed by atoms with Gasteiger partial charge in [-0.25, -0.2) is 0 Å². The molecule has 5 nitrogen and oxygen atoms in total. The van der Waals surface area contributed by atoms with Gasteiger partial charge in [0, 0.05) is 11.6 Å². The highest BCUT2D eigenvalue weighted by atomic mass is 35.5. The zero-order valence-electron chi connectivity index (χ0n) is 11.6. The summed E-state index contributed by atoms with van der Waals surface area (Å²) in [7, 11) is 1.69. The van der Waals surface area contributed by atoms with Gasteiger partial charge in [-0.15, -0.1) is 12.4 Å². The average molecular weight is 356 g/mol. The van der Waals surface area contributed by atoms with E-state index in [0.29, 0.717) is 15.7 Å². The predicted molar refractivity (Wildman–Crippen MR) is 86.7 cm³/mol. The van der Waals surface area contributed by atoms with Crippen molar-refractivity contribution in [3.05, 3.63) is 28.2 Å². The Balaban J connectivity index is 0.00000400. The third-order valence-corrected chi connectivity index (χ3v) is 3.46. The van der Waals surface area contributed by atoms with Crippen molar-refractivity contribution in [3.63, 3.8) is 0 Å². The molecule has 0 radical (unpaired) electrons. The van der Waals surface area contributed by atoms with Gasteiger partial charge < -0.3 is 10.4 Å². The summed E-state index contributed by atoms with van der Waals surface area (Å²) in [5.41, 5.74) is 0.472. The molecule has 0 aromatic heterocycles. The number of hydrogen-bond acceptors (Lipinski definition) is 3. The van der Waals surface area contributed by atoms with Gasteiger partial charge in [-0.1, -0.05) is 23.2 Å². The molecule has 2 N–H and O–H groups in total. The monoisotopic (exact) mass is 354 g/mol. The fraction of sp³-hybridized carbons (Fsp3) is 0.385. The molecule has 0 bridgehead atoms. The number of nitrogens with one attached hydrogen (secondary N) is 1. The second-order valence-corrected chi connectivity index (χ2v) is 5.26. The lowest BCUT2D eigenvalue weighted by Crippen LogP contribution is -2.40. The van der Waals surface area contributed by atoms with Crippen molar-refractivity contribution in [2.45, 2.75) is 19.4 Å². The molecule has 1 unspecified atom stereocenters. The van der Waals surface area contributed by atoms with Crippen molar-refractivity contribution >= 4 is 53.2 Å². The normalized spacial score (nSPS) is 11.7. The highest BCUT2D eigenvalue weighted by molar-refractivity contribution is 6.36. The molecule has 8 heteroatoms. The van der Waals surface area contributed by atoms with E-state index in [9.17, 15) is 9.59 Å². The molecule has 0 fully saturated rings. The van der Waals surface area contributed by atoms with Gasteiger partial charge in [0.05, 0.1) is 23.2 Å². The zero-order valence-corrected chi connectivity index (χ0v) is 13.9. The Hall–Kier alpha value is -1.01. The van der Waals surface area contributed by atoms with E-state index < -0.39 is 12.0 Å². The van der Waals surface area contributed by atoms with E-state index in [1.165, 1.54) is 6.07 Å². The molecule has 21 heavy (non-hydrogen) atoms. The summed E-state index contributed by atoms with van der Waals surface area (Å²) in [4.78, 5) is 24.2. The van der Waals surface area contributed by atoms with Crippen LogP contribution in [0.2, 0.25) is 10.0 Å². The smallest absolute Gasteiger partial charge is 0.304 e. The number of aliphatic carboxylic acids is 1. The Morgan fingerprint density at radius 3 is 2.52 bits per heavy atom. The lowest BCUT2D eigenvalue weighted by atomic mass is 10.2. The number of hydrogen-bond donors (Lipinski definition) is 2. The van der Waals surface area contributed by atoms with Crippen molar-refractivity contribution in [2.75, 3.05) is 18.9 Å². The topological polar surface area (TPSA) is 69.6 Å². The van der Waals surface area contributed by atoms with Crippen LogP contribution in [0, 0.1) is 0 Å². The van der Waals surface area contributed by atoms with E-state index in [-0.39, 0.29) is 31.3 Å². The standard InChI is InChI=1S/C13H16Cl2N2O3.ClH/c1-8(17(2)6-5-12(18)19)13(20)16-11-4-3-9(14)7-10(11)15;/h3-4,7-8H,5-6H2,1-2H3,(H,16,20)(H,18,19);1H. The van der Waals surface area contributed by atoms with E-state index in [2.05, 4.69) is 5.32 Å². The van der Waals surface area contributed by atoms with Gasteiger partial charge in [-0.05, 0) is 32.2 Å². The van der Waals surface area contributed by atoms with E-state index in [1.54, 1.807) is 31.0 Å². The van der Waals surface area contributed by atoms with Gasteiger partial charge in [0.2, 0.25) is 5.91 Å². The van der Waals surface area contributed by atoms with Crippen LogP contribution in [0.15, 0.2) is 18.2 Å². The molecule has 118 valence electrons. The van der Waals surface area contributed by atoms with Crippen LogP contribution in [0.4, 0.5) is 5.69 Å². The predicted octanol–water partition coefficient (Wildman–Crippen LogP) is 3.15. The first-order valence-corrected chi connectivity index (χ1v) is 6.75. The maximum atomic E-state index is 12.0. The minimum absolute atomic E-state index is 0. The fourth-order valence-electron chi connectivity index (χ4n) is 1.49. The summed E-state index contributed by atoms with van der Waals surface area (Å²) in [6.07, 6.45) is -0.0180. The first kappa shape index (κ1) is 20.0. The van der Waals surface area contributed by atoms with Crippen molar-refractivity contribution in [3.8, 4) is 0 Å². The second-order valence-electron chi connectivity index (χ2n) is 4.41. The molecular formula is C13H17Cl3N2O3. The third kappa shape index (κ3) is 6.52. The van der Waals surface area contributed by atoms with Gasteiger partial charge in [0.25, 0.3) is 0 Å². The Kier molecular flexibility index (Phi) is 8.66. The van der Waals surface area contributed by atoms with Crippen LogP contribution in [-0.2, 0) is 9.59 Å². The van der Waals surface area contributed by atoms with Crippen molar-refractivity contribution < 1.29 is 14.7 Å². The molecule has 1 rings (SSSR count). The first-order chi connectivity index (χ1) is 9.31. The minimum atomic E-state index is -0.898. The number of carboxylic acid groups (broad SMARTS) is 1. The molecule has 0 aliphatic carbocycles. The van der Waals surface area contributed by atoms with E-state index in [4.69, 9.17) is 28.3 Å². The van der Waals surface area contributed by atoms with Crippen LogP contribution in [-0.4, -0.2) is 41.5 Å². The van der Waals surface area contributed by atoms with Gasteiger partial charge in [0.1, 0.15) is 0 Å². The first-order valence-electron chi connectivity index (χ1n) is 5.99. The van der Waals surface area contributed by atoms with Crippen molar-refractivity contribution in [1.29, 1.82) is 0 Å². The molecule has 0 saturated carbocycles. The Bertz CT molecular complexity index is 511. The van der Waals surface area contributed by atoms with Crippen LogP contribution < -0.4 is 5.32 Å². The lowest BCUT2D eigenvalue weighted by molar-refractivity contribution is -0.137. The van der Waals surface area contributed by atoms with Gasteiger partial charge in [-0.3, -0.25) is 14.5 Å². The molecular weight excluding hydrogens is 339 g/mol. The number of likely N-dealkylation sites (N-methyl/N-ethyl adjacent to an activating group) is 1. The number of nitrogens with zero attached hydrogens (tertiary/aromatic N) is 1. The van der Waals surface area contributed by atoms with Gasteiger partial charge >= 0.3 is 5.97 Å². The molecule has 1 atom stereocenters. The molecule has 0 spiro atoms. The number of carbonyl (C=O) groups is 2. The summed E-state index contributed by atoms with van der Waals surface area (Å²) in [5.74, 6) is -1.16. The maximum absolute atomic E-state index is 12.0. The fourth-order valence-corrected chi connectivity index (χ4v) is 1.95. The highest BCUT2D eigenvalue weighted by Crippen LogP contribution is 2.25. The molecule has 0 aliphatic rings. The molecule has 0 heterocycles. The lowest BCUT2D eigenvalue weighted by Gasteiger charge is -2.23. The van der Waals surface area contributed by atoms with Crippen LogP contribution in [0.25, 0.3) is 0 Å². The molecule has 0 saturated heterocycles.